The quantitative estimate of drug-likeness (QED) is 0.0449. The lowest BCUT2D eigenvalue weighted by molar-refractivity contribution is -0.136. The Hall–Kier alpha value is -7.01. The molecule has 0 unspecified atom stereocenters. The first kappa shape index (κ1) is 46.1. The maximum Gasteiger partial charge on any atom is 0.190 e. The third kappa shape index (κ3) is 13.7. The maximum atomic E-state index is 13.1. The topological polar surface area (TPSA) is 163 Å². The SMILES string of the molecule is C.C#Cc1ccc(F)cc1.[C-]#[N+]c1ccc(CC(=O)[C@@](C)(O)CN=[N+]=[N-])cc1C.[C-]#[N+]c1ccc(CC(=O)[C@@](C)(O)Cn2nncc2-c2ccc(F)cc2)cc1C. The number of hydrogen-bond donors (Lipinski definition) is 2. The van der Waals surface area contributed by atoms with Crippen LogP contribution in [0.25, 0.3) is 31.4 Å². The molecule has 2 atom stereocenters. The monoisotopic (exact) mass is 772 g/mol. The number of aryl methyl sites for hydroxylation is 2. The van der Waals surface area contributed by atoms with Crippen molar-refractivity contribution in [1.29, 1.82) is 0 Å². The number of aliphatic hydroxyl groups is 2. The highest BCUT2D eigenvalue weighted by Crippen LogP contribution is 2.24. The Morgan fingerprint density at radius 2 is 1.32 bits per heavy atom. The molecular weight excluding hydrogens is 731 g/mol. The summed E-state index contributed by atoms with van der Waals surface area (Å²) in [6.07, 6.45) is 6.60. The van der Waals surface area contributed by atoms with Crippen LogP contribution in [0, 0.1) is 51.0 Å². The largest absolute Gasteiger partial charge is 0.382 e. The molecular formula is C43H42F2N8O4. The third-order valence-electron chi connectivity index (χ3n) is 8.36. The molecule has 12 nitrogen and oxygen atoms in total. The van der Waals surface area contributed by atoms with Gasteiger partial charge in [-0.15, -0.1) is 11.5 Å². The zero-order valence-electron chi connectivity index (χ0n) is 31.1. The molecule has 5 aromatic rings. The van der Waals surface area contributed by atoms with E-state index in [9.17, 15) is 28.6 Å². The molecule has 2 N–H and O–H groups in total. The molecule has 0 radical (unpaired) electrons. The predicted molar refractivity (Wildman–Crippen MR) is 214 cm³/mol. The number of hydrogen-bond acceptors (Lipinski definition) is 7. The second-order valence-corrected chi connectivity index (χ2v) is 13.0. The van der Waals surface area contributed by atoms with Gasteiger partial charge < -0.3 is 10.2 Å². The van der Waals surface area contributed by atoms with Gasteiger partial charge in [0.2, 0.25) is 0 Å². The fraction of sp³-hybridized carbons (Fsp3) is 0.256. The van der Waals surface area contributed by atoms with E-state index >= 15 is 0 Å². The molecule has 292 valence electrons. The van der Waals surface area contributed by atoms with Crippen molar-refractivity contribution in [2.45, 2.75) is 65.7 Å². The van der Waals surface area contributed by atoms with Gasteiger partial charge in [0.25, 0.3) is 0 Å². The van der Waals surface area contributed by atoms with Crippen molar-refractivity contribution in [2.24, 2.45) is 5.11 Å². The highest BCUT2D eigenvalue weighted by atomic mass is 19.1. The standard InChI is InChI=1S/C21H19FN4O2.C13H14N4O2.C8H5F.CH4/c1-14-10-15(4-9-18(14)23-3)11-20(27)21(2,28)13-26-19(12-24-25-26)16-5-7-17(22)8-6-16;1-9-6-10(4-5-11(9)15-3)7-12(18)13(2,19)8-16-17-14;1-2-7-3-5-8(9)6-4-7;/h4-10,12,28H,11,13H2,1-2H3;4-6,19H,7-8H2,1-2H3;1,3-6H;1H4/t21-;13-;;/m00../s1. The molecule has 1 aromatic heterocycles. The summed E-state index contributed by atoms with van der Waals surface area (Å²) in [5, 5.41) is 31.7. The number of azide groups is 1. The predicted octanol–water partition coefficient (Wildman–Crippen LogP) is 8.67. The van der Waals surface area contributed by atoms with E-state index in [4.69, 9.17) is 25.1 Å². The molecule has 4 aromatic carbocycles. The Balaban J connectivity index is 0.000000333. The average Bonchev–Trinajstić information content (AvgIpc) is 3.62. The molecule has 0 aliphatic rings. The number of halogens is 2. The highest BCUT2D eigenvalue weighted by molar-refractivity contribution is 5.89. The molecule has 0 saturated carbocycles. The Bertz CT molecular complexity index is 2340. The van der Waals surface area contributed by atoms with Gasteiger partial charge in [-0.05, 0) is 104 Å². The first-order valence-corrected chi connectivity index (χ1v) is 16.9. The van der Waals surface area contributed by atoms with Crippen molar-refractivity contribution in [3.63, 3.8) is 0 Å². The molecule has 1 heterocycles. The van der Waals surface area contributed by atoms with Gasteiger partial charge in [-0.3, -0.25) is 9.59 Å². The van der Waals surface area contributed by atoms with Crippen LogP contribution < -0.4 is 0 Å². The van der Waals surface area contributed by atoms with Crippen molar-refractivity contribution in [1.82, 2.24) is 15.0 Å². The fourth-order valence-corrected chi connectivity index (χ4v) is 5.06. The lowest BCUT2D eigenvalue weighted by Gasteiger charge is -2.22. The number of Topliss-reactive ketones (excluding diaryl/α,β-unsaturated/α-hetero) is 2. The van der Waals surface area contributed by atoms with Crippen LogP contribution in [0.5, 0.6) is 0 Å². The van der Waals surface area contributed by atoms with Crippen LogP contribution in [0.3, 0.4) is 0 Å². The van der Waals surface area contributed by atoms with Crippen molar-refractivity contribution in [3.05, 3.63) is 164 Å². The summed E-state index contributed by atoms with van der Waals surface area (Å²) in [7, 11) is 0. The summed E-state index contributed by atoms with van der Waals surface area (Å²) in [4.78, 5) is 33.9. The summed E-state index contributed by atoms with van der Waals surface area (Å²) in [5.74, 6) is 0.981. The van der Waals surface area contributed by atoms with Crippen LogP contribution in [0.15, 0.2) is 96.2 Å². The van der Waals surface area contributed by atoms with E-state index in [1.807, 2.05) is 6.92 Å². The van der Waals surface area contributed by atoms with Gasteiger partial charge in [-0.2, -0.15) is 0 Å². The lowest BCUT2D eigenvalue weighted by Crippen LogP contribution is -2.41. The van der Waals surface area contributed by atoms with Crippen LogP contribution in [0.4, 0.5) is 20.2 Å². The Morgan fingerprint density at radius 1 is 0.842 bits per heavy atom. The molecule has 0 spiro atoms. The molecule has 0 saturated heterocycles. The van der Waals surface area contributed by atoms with E-state index in [1.165, 1.54) is 49.0 Å². The fourth-order valence-electron chi connectivity index (χ4n) is 5.06. The second-order valence-electron chi connectivity index (χ2n) is 13.0. The molecule has 0 fully saturated rings. The van der Waals surface area contributed by atoms with E-state index in [2.05, 4.69) is 35.9 Å². The minimum Gasteiger partial charge on any atom is -0.382 e. The average molecular weight is 773 g/mol. The summed E-state index contributed by atoms with van der Waals surface area (Å²) < 4.78 is 26.7. The maximum absolute atomic E-state index is 13.1. The van der Waals surface area contributed by atoms with E-state index in [-0.39, 0.29) is 50.8 Å². The third-order valence-corrected chi connectivity index (χ3v) is 8.36. The van der Waals surface area contributed by atoms with E-state index in [1.54, 1.807) is 67.6 Å². The molecule has 57 heavy (non-hydrogen) atoms. The van der Waals surface area contributed by atoms with Crippen LogP contribution in [-0.4, -0.2) is 54.5 Å². The first-order valence-electron chi connectivity index (χ1n) is 16.9. The number of terminal acetylenes is 1. The van der Waals surface area contributed by atoms with Gasteiger partial charge in [0, 0.05) is 28.9 Å². The Labute approximate surface area is 330 Å². The zero-order valence-corrected chi connectivity index (χ0v) is 31.1. The number of rotatable bonds is 11. The molecule has 5 rings (SSSR count). The summed E-state index contributed by atoms with van der Waals surface area (Å²) in [6, 6.07) is 21.9. The highest BCUT2D eigenvalue weighted by Gasteiger charge is 2.32. The van der Waals surface area contributed by atoms with Gasteiger partial charge in [0.15, 0.2) is 22.9 Å². The minimum atomic E-state index is -1.67. The van der Waals surface area contributed by atoms with E-state index in [0.717, 1.165) is 22.3 Å². The van der Waals surface area contributed by atoms with E-state index < -0.39 is 17.0 Å². The van der Waals surface area contributed by atoms with Gasteiger partial charge in [-0.1, -0.05) is 60.1 Å². The van der Waals surface area contributed by atoms with Crippen molar-refractivity contribution in [3.8, 4) is 23.6 Å². The summed E-state index contributed by atoms with van der Waals surface area (Å²) in [5.41, 5.74) is 10.9. The van der Waals surface area contributed by atoms with Gasteiger partial charge in [-0.25, -0.2) is 23.2 Å². The van der Waals surface area contributed by atoms with Crippen molar-refractivity contribution < 1.29 is 28.6 Å². The minimum absolute atomic E-state index is 0. The Morgan fingerprint density at radius 3 is 1.75 bits per heavy atom. The first-order chi connectivity index (χ1) is 26.5. The van der Waals surface area contributed by atoms with Crippen LogP contribution in [-0.2, 0) is 29.0 Å². The number of carbonyl (C=O) groups excluding carboxylic acids is 2. The number of ketones is 2. The summed E-state index contributed by atoms with van der Waals surface area (Å²) >= 11 is 0. The van der Waals surface area contributed by atoms with Crippen molar-refractivity contribution >= 4 is 22.9 Å². The van der Waals surface area contributed by atoms with Gasteiger partial charge in [0.05, 0.1) is 38.1 Å². The molecule has 14 heteroatoms. The number of carbonyl (C=O) groups is 2. The van der Waals surface area contributed by atoms with E-state index in [0.29, 0.717) is 28.2 Å². The van der Waals surface area contributed by atoms with Crippen LogP contribution >= 0.6 is 0 Å². The number of nitrogens with zero attached hydrogens (tertiary/aromatic N) is 8. The normalized spacial score (nSPS) is 12.0. The molecule has 0 amide bonds. The number of benzene rings is 4. The van der Waals surface area contributed by atoms with Gasteiger partial charge >= 0.3 is 0 Å². The molecule has 0 bridgehead atoms. The lowest BCUT2D eigenvalue weighted by atomic mass is 9.94. The number of aromatic nitrogens is 3. The van der Waals surface area contributed by atoms with Gasteiger partial charge in [0.1, 0.15) is 22.8 Å². The second kappa shape index (κ2) is 21.2. The van der Waals surface area contributed by atoms with Crippen molar-refractivity contribution in [2.75, 3.05) is 6.54 Å². The smallest absolute Gasteiger partial charge is 0.190 e. The van der Waals surface area contributed by atoms with Crippen LogP contribution in [0.1, 0.15) is 49.1 Å². The molecule has 0 aliphatic heterocycles. The Kier molecular flexibility index (Phi) is 17.1. The molecule has 0 aliphatic carbocycles. The zero-order chi connectivity index (χ0) is 41.5. The summed E-state index contributed by atoms with van der Waals surface area (Å²) in [6.45, 7) is 20.0. The van der Waals surface area contributed by atoms with Crippen LogP contribution in [0.2, 0.25) is 0 Å².